The molecule has 162 valence electrons. The van der Waals surface area contributed by atoms with E-state index in [1.54, 1.807) is 12.3 Å². The number of carbonyl (C=O) groups excluding carboxylic acids is 1. The molecule has 0 fully saturated rings. The van der Waals surface area contributed by atoms with E-state index in [0.29, 0.717) is 23.7 Å². The van der Waals surface area contributed by atoms with Crippen LogP contribution in [0.25, 0.3) is 11.3 Å². The topological polar surface area (TPSA) is 60.2 Å². The Hall–Kier alpha value is -3.64. The van der Waals surface area contributed by atoms with Crippen molar-refractivity contribution in [3.63, 3.8) is 0 Å². The van der Waals surface area contributed by atoms with Gasteiger partial charge in [0.25, 0.3) is 0 Å². The predicted molar refractivity (Wildman–Crippen MR) is 126 cm³/mol. The van der Waals surface area contributed by atoms with E-state index in [0.717, 1.165) is 28.2 Å². The highest BCUT2D eigenvalue weighted by Crippen LogP contribution is 2.24. The molecule has 0 amide bonds. The molecule has 0 saturated heterocycles. The number of methoxy groups -OCH3 is 1. The van der Waals surface area contributed by atoms with Crippen LogP contribution in [-0.4, -0.2) is 34.9 Å². The van der Waals surface area contributed by atoms with E-state index in [4.69, 9.17) is 16.3 Å². The van der Waals surface area contributed by atoms with Crippen LogP contribution in [0.15, 0.2) is 79.1 Å². The third-order valence-corrected chi connectivity index (χ3v) is 5.46. The van der Waals surface area contributed by atoms with Crippen LogP contribution in [0.5, 0.6) is 0 Å². The Morgan fingerprint density at radius 3 is 2.59 bits per heavy atom. The second-order valence-electron chi connectivity index (χ2n) is 7.41. The Balaban J connectivity index is 1.46. The molecule has 7 heteroatoms. The van der Waals surface area contributed by atoms with Gasteiger partial charge in [0.1, 0.15) is 5.82 Å². The molecule has 0 aliphatic carbocycles. The number of ether oxygens (including phenoxy) is 1. The molecule has 0 atom stereocenters. The molecule has 0 spiro atoms. The minimum absolute atomic E-state index is 0.347. The Kier molecular flexibility index (Phi) is 6.52. The number of esters is 1. The maximum Gasteiger partial charge on any atom is 0.338 e. The smallest absolute Gasteiger partial charge is 0.338 e. The highest BCUT2D eigenvalue weighted by molar-refractivity contribution is 6.32. The molecule has 0 bridgehead atoms. The zero-order valence-electron chi connectivity index (χ0n) is 17.9. The van der Waals surface area contributed by atoms with E-state index in [2.05, 4.69) is 34.3 Å². The number of rotatable bonds is 7. The van der Waals surface area contributed by atoms with Crippen molar-refractivity contribution >= 4 is 23.4 Å². The van der Waals surface area contributed by atoms with Gasteiger partial charge in [0.05, 0.1) is 29.9 Å². The number of hydrogen-bond acceptors (Lipinski definition) is 5. The van der Waals surface area contributed by atoms with Crippen molar-refractivity contribution in [3.8, 4) is 11.3 Å². The number of aromatic nitrogens is 3. The second-order valence-corrected chi connectivity index (χ2v) is 7.82. The molecule has 4 rings (SSSR count). The van der Waals surface area contributed by atoms with Gasteiger partial charge in [0, 0.05) is 31.5 Å². The maximum absolute atomic E-state index is 12.0. The van der Waals surface area contributed by atoms with Gasteiger partial charge in [-0.2, -0.15) is 5.10 Å². The molecule has 0 aliphatic heterocycles. The average Bonchev–Trinajstić information content (AvgIpc) is 3.28. The molecule has 2 aromatic heterocycles. The molecule has 0 saturated carbocycles. The van der Waals surface area contributed by atoms with Gasteiger partial charge in [-0.05, 0) is 35.4 Å². The van der Waals surface area contributed by atoms with Crippen LogP contribution in [0.1, 0.15) is 21.5 Å². The SMILES string of the molecule is COC(=O)c1ccccc1Cn1ccc(-c2ccc(CN(C)c3ncccc3Cl)cc2)n1. The highest BCUT2D eigenvalue weighted by Gasteiger charge is 2.12. The number of nitrogens with zero attached hydrogens (tertiary/aromatic N) is 4. The molecule has 0 unspecified atom stereocenters. The van der Waals surface area contributed by atoms with Gasteiger partial charge in [-0.1, -0.05) is 54.1 Å². The molecule has 0 aliphatic rings. The summed E-state index contributed by atoms with van der Waals surface area (Å²) in [5.74, 6) is 0.407. The minimum Gasteiger partial charge on any atom is -0.465 e. The molecule has 6 nitrogen and oxygen atoms in total. The normalized spacial score (nSPS) is 10.7. The summed E-state index contributed by atoms with van der Waals surface area (Å²) in [6.07, 6.45) is 3.65. The molecular formula is C25H23ClN4O2. The fourth-order valence-electron chi connectivity index (χ4n) is 3.53. The standard InChI is InChI=1S/C25H23ClN4O2/c1-29(24-22(26)8-5-14-27-24)16-18-9-11-19(12-10-18)23-13-15-30(28-23)17-20-6-3-4-7-21(20)25(31)32-2/h3-15H,16-17H2,1-2H3. The Morgan fingerprint density at radius 1 is 1.06 bits per heavy atom. The van der Waals surface area contributed by atoms with Crippen LogP contribution >= 0.6 is 11.6 Å². The molecule has 0 radical (unpaired) electrons. The summed E-state index contributed by atoms with van der Waals surface area (Å²) in [4.78, 5) is 18.4. The summed E-state index contributed by atoms with van der Waals surface area (Å²) in [6.45, 7) is 1.18. The van der Waals surface area contributed by atoms with Crippen molar-refractivity contribution in [1.29, 1.82) is 0 Å². The Bertz CT molecular complexity index is 1220. The van der Waals surface area contributed by atoms with Gasteiger partial charge >= 0.3 is 5.97 Å². The first-order chi connectivity index (χ1) is 15.5. The van der Waals surface area contributed by atoms with Crippen molar-refractivity contribution < 1.29 is 9.53 Å². The van der Waals surface area contributed by atoms with E-state index < -0.39 is 0 Å². The van der Waals surface area contributed by atoms with E-state index in [1.807, 2.05) is 59.2 Å². The maximum atomic E-state index is 12.0. The zero-order chi connectivity index (χ0) is 22.5. The third kappa shape index (κ3) is 4.81. The second kappa shape index (κ2) is 9.66. The van der Waals surface area contributed by atoms with Crippen molar-refractivity contribution in [1.82, 2.24) is 14.8 Å². The third-order valence-electron chi connectivity index (χ3n) is 5.17. The van der Waals surface area contributed by atoms with Crippen LogP contribution in [0.3, 0.4) is 0 Å². The summed E-state index contributed by atoms with van der Waals surface area (Å²) in [6, 6.07) is 21.3. The monoisotopic (exact) mass is 446 g/mol. The van der Waals surface area contributed by atoms with Gasteiger partial charge in [0.2, 0.25) is 0 Å². The van der Waals surface area contributed by atoms with Crippen molar-refractivity contribution in [2.24, 2.45) is 0 Å². The summed E-state index contributed by atoms with van der Waals surface area (Å²) >= 11 is 6.25. The van der Waals surface area contributed by atoms with Crippen molar-refractivity contribution in [2.45, 2.75) is 13.1 Å². The van der Waals surface area contributed by atoms with Crippen LogP contribution in [0.2, 0.25) is 5.02 Å². The van der Waals surface area contributed by atoms with Crippen LogP contribution in [0, 0.1) is 0 Å². The minimum atomic E-state index is -0.347. The number of halogens is 1. The van der Waals surface area contributed by atoms with Gasteiger partial charge < -0.3 is 9.64 Å². The first-order valence-corrected chi connectivity index (χ1v) is 10.5. The van der Waals surface area contributed by atoms with Crippen molar-refractivity contribution in [2.75, 3.05) is 19.1 Å². The number of hydrogen-bond donors (Lipinski definition) is 0. The number of carbonyl (C=O) groups is 1. The molecule has 2 heterocycles. The molecular weight excluding hydrogens is 424 g/mol. The predicted octanol–water partition coefficient (Wildman–Crippen LogP) is 5.07. The number of pyridine rings is 1. The van der Waals surface area contributed by atoms with Crippen LogP contribution < -0.4 is 4.90 Å². The quantitative estimate of drug-likeness (QED) is 0.371. The number of anilines is 1. The lowest BCUT2D eigenvalue weighted by Crippen LogP contribution is -2.17. The lowest BCUT2D eigenvalue weighted by atomic mass is 10.1. The molecule has 4 aromatic rings. The first-order valence-electron chi connectivity index (χ1n) is 10.2. The van der Waals surface area contributed by atoms with E-state index in [1.165, 1.54) is 7.11 Å². The lowest BCUT2D eigenvalue weighted by Gasteiger charge is -2.19. The fraction of sp³-hybridized carbons (Fsp3) is 0.160. The van der Waals surface area contributed by atoms with Gasteiger partial charge in [0.15, 0.2) is 0 Å². The van der Waals surface area contributed by atoms with E-state index in [-0.39, 0.29) is 5.97 Å². The Labute approximate surface area is 192 Å². The van der Waals surface area contributed by atoms with Gasteiger partial charge in [-0.15, -0.1) is 0 Å². The average molecular weight is 447 g/mol. The molecule has 0 N–H and O–H groups in total. The molecule has 2 aromatic carbocycles. The fourth-order valence-corrected chi connectivity index (χ4v) is 3.80. The van der Waals surface area contributed by atoms with Crippen LogP contribution in [0.4, 0.5) is 5.82 Å². The van der Waals surface area contributed by atoms with Gasteiger partial charge in [-0.3, -0.25) is 4.68 Å². The zero-order valence-corrected chi connectivity index (χ0v) is 18.7. The summed E-state index contributed by atoms with van der Waals surface area (Å²) in [5.41, 5.74) is 4.44. The number of benzene rings is 2. The summed E-state index contributed by atoms with van der Waals surface area (Å²) in [5, 5.41) is 5.31. The van der Waals surface area contributed by atoms with E-state index >= 15 is 0 Å². The summed E-state index contributed by atoms with van der Waals surface area (Å²) < 4.78 is 6.70. The van der Waals surface area contributed by atoms with Gasteiger partial charge in [-0.25, -0.2) is 9.78 Å². The van der Waals surface area contributed by atoms with Crippen LogP contribution in [-0.2, 0) is 17.8 Å². The first kappa shape index (κ1) is 21.6. The van der Waals surface area contributed by atoms with Crippen molar-refractivity contribution in [3.05, 3.63) is 101 Å². The summed E-state index contributed by atoms with van der Waals surface area (Å²) in [7, 11) is 3.35. The molecule has 32 heavy (non-hydrogen) atoms. The highest BCUT2D eigenvalue weighted by atomic mass is 35.5. The van der Waals surface area contributed by atoms with E-state index in [9.17, 15) is 4.79 Å². The lowest BCUT2D eigenvalue weighted by molar-refractivity contribution is 0.0599. The largest absolute Gasteiger partial charge is 0.465 e. The Morgan fingerprint density at radius 2 is 1.84 bits per heavy atom.